The van der Waals surface area contributed by atoms with Crippen molar-refractivity contribution in [2.75, 3.05) is 0 Å². The standard InChI is InChI=1S/C5H6N2.C4H4N2/c1-5-3-2-4-6-7-5;1-2-4-6-5-3-1/h2-4H,1H3;1-4H. The van der Waals surface area contributed by atoms with E-state index in [0.29, 0.717) is 0 Å². The molecule has 4 nitrogen and oxygen atoms in total. The van der Waals surface area contributed by atoms with Gasteiger partial charge in [-0.3, -0.25) is 0 Å². The molecule has 4 heteroatoms. The number of hydrogen-bond acceptors (Lipinski definition) is 4. The number of aromatic nitrogens is 4. The summed E-state index contributed by atoms with van der Waals surface area (Å²) < 4.78 is 0. The van der Waals surface area contributed by atoms with E-state index in [4.69, 9.17) is 0 Å². The molecule has 0 atom stereocenters. The lowest BCUT2D eigenvalue weighted by atomic mass is 10.4. The van der Waals surface area contributed by atoms with E-state index >= 15 is 0 Å². The molecule has 2 rings (SSSR count). The predicted molar refractivity (Wildman–Crippen MR) is 48.8 cm³/mol. The zero-order valence-electron chi connectivity index (χ0n) is 7.33. The summed E-state index contributed by atoms with van der Waals surface area (Å²) in [4.78, 5) is 0. The number of hydrogen-bond donors (Lipinski definition) is 0. The van der Waals surface area contributed by atoms with Gasteiger partial charge in [0.15, 0.2) is 0 Å². The zero-order valence-corrected chi connectivity index (χ0v) is 7.33. The third-order valence-electron chi connectivity index (χ3n) is 1.19. The first-order valence-corrected chi connectivity index (χ1v) is 3.85. The van der Waals surface area contributed by atoms with E-state index in [-0.39, 0.29) is 0 Å². The van der Waals surface area contributed by atoms with E-state index in [0.717, 1.165) is 5.69 Å². The van der Waals surface area contributed by atoms with Crippen molar-refractivity contribution >= 4 is 0 Å². The Balaban J connectivity index is 0.000000132. The minimum Gasteiger partial charge on any atom is -0.159 e. The Hall–Kier alpha value is -1.84. The molecule has 0 bridgehead atoms. The molecule has 0 aliphatic heterocycles. The maximum atomic E-state index is 3.73. The van der Waals surface area contributed by atoms with Crippen LogP contribution in [0.4, 0.5) is 0 Å². The number of aryl methyl sites for hydroxylation is 1. The van der Waals surface area contributed by atoms with Gasteiger partial charge in [0.25, 0.3) is 0 Å². The van der Waals surface area contributed by atoms with Crippen LogP contribution in [0, 0.1) is 6.92 Å². The summed E-state index contributed by atoms with van der Waals surface area (Å²) in [6, 6.07) is 7.43. The van der Waals surface area contributed by atoms with Gasteiger partial charge in [0.05, 0.1) is 5.69 Å². The normalized spacial score (nSPS) is 8.38. The lowest BCUT2D eigenvalue weighted by Gasteiger charge is -1.80. The first-order chi connectivity index (χ1) is 6.39. The second-order valence-corrected chi connectivity index (χ2v) is 2.28. The van der Waals surface area contributed by atoms with Gasteiger partial charge in [0.1, 0.15) is 0 Å². The third-order valence-corrected chi connectivity index (χ3v) is 1.19. The monoisotopic (exact) mass is 174 g/mol. The minimum atomic E-state index is 0.961. The van der Waals surface area contributed by atoms with Gasteiger partial charge >= 0.3 is 0 Å². The highest BCUT2D eigenvalue weighted by Gasteiger charge is 1.74. The van der Waals surface area contributed by atoms with E-state index in [1.165, 1.54) is 0 Å². The maximum absolute atomic E-state index is 3.73. The molecule has 66 valence electrons. The van der Waals surface area contributed by atoms with Crippen LogP contribution in [0.25, 0.3) is 0 Å². The molecule has 0 radical (unpaired) electrons. The van der Waals surface area contributed by atoms with Crippen LogP contribution < -0.4 is 0 Å². The molecule has 0 aliphatic carbocycles. The van der Waals surface area contributed by atoms with Gasteiger partial charge in [0, 0.05) is 18.6 Å². The van der Waals surface area contributed by atoms with Crippen molar-refractivity contribution in [3.8, 4) is 0 Å². The van der Waals surface area contributed by atoms with Gasteiger partial charge in [-0.1, -0.05) is 0 Å². The van der Waals surface area contributed by atoms with Crippen molar-refractivity contribution in [2.24, 2.45) is 0 Å². The molecule has 2 aromatic rings. The molecule has 0 aliphatic rings. The highest BCUT2D eigenvalue weighted by molar-refractivity contribution is 4.94. The molecular weight excluding hydrogens is 164 g/mol. The van der Waals surface area contributed by atoms with Crippen LogP contribution in [0.3, 0.4) is 0 Å². The molecule has 0 fully saturated rings. The van der Waals surface area contributed by atoms with Crippen molar-refractivity contribution < 1.29 is 0 Å². The van der Waals surface area contributed by atoms with Gasteiger partial charge < -0.3 is 0 Å². The van der Waals surface area contributed by atoms with E-state index in [1.54, 1.807) is 18.6 Å². The Morgan fingerprint density at radius 2 is 1.46 bits per heavy atom. The van der Waals surface area contributed by atoms with Crippen LogP contribution in [0.5, 0.6) is 0 Å². The molecule has 0 saturated heterocycles. The van der Waals surface area contributed by atoms with Gasteiger partial charge in [-0.25, -0.2) is 0 Å². The topological polar surface area (TPSA) is 51.6 Å². The van der Waals surface area contributed by atoms with E-state index in [2.05, 4.69) is 20.4 Å². The third kappa shape index (κ3) is 4.58. The second-order valence-electron chi connectivity index (χ2n) is 2.28. The van der Waals surface area contributed by atoms with Crippen molar-refractivity contribution in [3.05, 3.63) is 48.5 Å². The molecule has 0 aromatic carbocycles. The fraction of sp³-hybridized carbons (Fsp3) is 0.111. The highest BCUT2D eigenvalue weighted by atomic mass is 15.1. The Bertz CT molecular complexity index is 282. The SMILES string of the molecule is Cc1cccnn1.c1ccnnc1. The fourth-order valence-electron chi connectivity index (χ4n) is 0.632. The maximum Gasteiger partial charge on any atom is 0.0600 e. The number of nitrogens with zero attached hydrogens (tertiary/aromatic N) is 4. The van der Waals surface area contributed by atoms with Crippen molar-refractivity contribution in [1.82, 2.24) is 20.4 Å². The summed E-state index contributed by atoms with van der Waals surface area (Å²) in [6.45, 7) is 1.91. The van der Waals surface area contributed by atoms with Gasteiger partial charge in [-0.2, -0.15) is 20.4 Å². The van der Waals surface area contributed by atoms with Crippen molar-refractivity contribution in [1.29, 1.82) is 0 Å². The molecule has 0 amide bonds. The highest BCUT2D eigenvalue weighted by Crippen LogP contribution is 1.82. The van der Waals surface area contributed by atoms with E-state index in [1.807, 2.05) is 31.2 Å². The van der Waals surface area contributed by atoms with E-state index < -0.39 is 0 Å². The molecule has 13 heavy (non-hydrogen) atoms. The summed E-state index contributed by atoms with van der Waals surface area (Å²) in [7, 11) is 0. The predicted octanol–water partition coefficient (Wildman–Crippen LogP) is 1.26. The van der Waals surface area contributed by atoms with Crippen LogP contribution >= 0.6 is 0 Å². The van der Waals surface area contributed by atoms with Crippen molar-refractivity contribution in [3.63, 3.8) is 0 Å². The van der Waals surface area contributed by atoms with Crippen molar-refractivity contribution in [2.45, 2.75) is 6.92 Å². The Labute approximate surface area is 76.7 Å². The molecule has 0 unspecified atom stereocenters. The van der Waals surface area contributed by atoms with Gasteiger partial charge in [-0.05, 0) is 31.2 Å². The van der Waals surface area contributed by atoms with Crippen LogP contribution in [0.2, 0.25) is 0 Å². The van der Waals surface area contributed by atoms with Crippen LogP contribution in [0.15, 0.2) is 42.9 Å². The summed E-state index contributed by atoms with van der Waals surface area (Å²) in [6.07, 6.45) is 4.94. The number of rotatable bonds is 0. The average molecular weight is 174 g/mol. The summed E-state index contributed by atoms with van der Waals surface area (Å²) >= 11 is 0. The summed E-state index contributed by atoms with van der Waals surface area (Å²) in [5, 5.41) is 14.4. The summed E-state index contributed by atoms with van der Waals surface area (Å²) in [5.74, 6) is 0. The Morgan fingerprint density at radius 1 is 0.846 bits per heavy atom. The van der Waals surface area contributed by atoms with Gasteiger partial charge in [0.2, 0.25) is 0 Å². The Morgan fingerprint density at radius 3 is 1.69 bits per heavy atom. The first kappa shape index (κ1) is 9.25. The first-order valence-electron chi connectivity index (χ1n) is 3.85. The van der Waals surface area contributed by atoms with Crippen LogP contribution in [-0.2, 0) is 0 Å². The largest absolute Gasteiger partial charge is 0.159 e. The molecule has 2 aromatic heterocycles. The molecule has 0 spiro atoms. The fourth-order valence-corrected chi connectivity index (χ4v) is 0.632. The minimum absolute atomic E-state index is 0.961. The molecule has 2 heterocycles. The summed E-state index contributed by atoms with van der Waals surface area (Å²) in [5.41, 5.74) is 0.961. The van der Waals surface area contributed by atoms with E-state index in [9.17, 15) is 0 Å². The molecule has 0 saturated carbocycles. The van der Waals surface area contributed by atoms with Gasteiger partial charge in [-0.15, -0.1) is 0 Å². The lowest BCUT2D eigenvalue weighted by Crippen LogP contribution is -1.79. The quantitative estimate of drug-likeness (QED) is 0.603. The van der Waals surface area contributed by atoms with Crippen LogP contribution in [-0.4, -0.2) is 20.4 Å². The average Bonchev–Trinajstić information content (AvgIpc) is 2.22. The van der Waals surface area contributed by atoms with Crippen LogP contribution in [0.1, 0.15) is 5.69 Å². The second kappa shape index (κ2) is 5.77. The molecular formula is C9H10N4. The smallest absolute Gasteiger partial charge is 0.0600 e. The lowest BCUT2D eigenvalue weighted by molar-refractivity contribution is 0.980. The molecule has 0 N–H and O–H groups in total. The zero-order chi connectivity index (χ0) is 9.36. The Kier molecular flexibility index (Phi) is 4.10.